The molecule has 0 unspecified atom stereocenters. The number of esters is 1. The lowest BCUT2D eigenvalue weighted by molar-refractivity contribution is -0.189. The van der Waals surface area contributed by atoms with E-state index < -0.39 is 17.7 Å². The number of rotatable bonds is 3. The lowest BCUT2D eigenvalue weighted by Gasteiger charge is -2.39. The van der Waals surface area contributed by atoms with Crippen LogP contribution in [0.15, 0.2) is 12.1 Å². The average molecular weight is 524 g/mol. The number of nitrogens with zero attached hydrogens (tertiary/aromatic N) is 2. The van der Waals surface area contributed by atoms with Gasteiger partial charge in [-0.05, 0) is 62.9 Å². The van der Waals surface area contributed by atoms with Crippen molar-refractivity contribution in [2.24, 2.45) is 5.41 Å². The first-order valence-corrected chi connectivity index (χ1v) is 12.4. The lowest BCUT2D eigenvalue weighted by atomic mass is 9.81. The van der Waals surface area contributed by atoms with Crippen molar-refractivity contribution >= 4 is 23.4 Å². The monoisotopic (exact) mass is 523 g/mol. The zero-order valence-corrected chi connectivity index (χ0v) is 21.5. The predicted molar refractivity (Wildman–Crippen MR) is 131 cm³/mol. The fourth-order valence-electron chi connectivity index (χ4n) is 5.48. The number of carbonyl (C=O) groups excluding carboxylic acids is 1. The Kier molecular flexibility index (Phi) is 6.04. The van der Waals surface area contributed by atoms with Crippen molar-refractivity contribution in [2.45, 2.75) is 58.9 Å². The number of halogens is 4. The Bertz CT molecular complexity index is 1240. The van der Waals surface area contributed by atoms with E-state index in [2.05, 4.69) is 15.0 Å². The molecule has 1 spiro atoms. The van der Waals surface area contributed by atoms with Gasteiger partial charge in [0.25, 0.3) is 0 Å². The Morgan fingerprint density at radius 1 is 1.25 bits per heavy atom. The minimum Gasteiger partial charge on any atom is -0.420 e. The van der Waals surface area contributed by atoms with Crippen LogP contribution in [0, 0.1) is 19.3 Å². The van der Waals surface area contributed by atoms with Crippen molar-refractivity contribution in [1.82, 2.24) is 10.3 Å². The molecule has 3 aliphatic heterocycles. The minimum absolute atomic E-state index is 0.210. The number of benzene rings is 1. The number of hydrogen-bond acceptors (Lipinski definition) is 6. The number of anilines is 1. The van der Waals surface area contributed by atoms with Crippen molar-refractivity contribution in [3.05, 3.63) is 39.5 Å². The molecule has 0 atom stereocenters. The zero-order valence-electron chi connectivity index (χ0n) is 20.7. The fraction of sp³-hybridized carbons (Fsp3) is 0.538. The normalized spacial score (nSPS) is 20.3. The van der Waals surface area contributed by atoms with Gasteiger partial charge in [-0.2, -0.15) is 13.2 Å². The highest BCUT2D eigenvalue weighted by Gasteiger charge is 2.44. The molecule has 10 heteroatoms. The third-order valence-electron chi connectivity index (χ3n) is 7.48. The summed E-state index contributed by atoms with van der Waals surface area (Å²) in [5.74, 6) is -1.62. The predicted octanol–water partition coefficient (Wildman–Crippen LogP) is 5.14. The topological polar surface area (TPSA) is 63.7 Å². The van der Waals surface area contributed by atoms with Gasteiger partial charge in [0.2, 0.25) is 0 Å². The quantitative estimate of drug-likeness (QED) is 0.444. The Balaban J connectivity index is 1.65. The molecule has 0 amide bonds. The summed E-state index contributed by atoms with van der Waals surface area (Å²) < 4.78 is 49.5. The van der Waals surface area contributed by atoms with Gasteiger partial charge in [0.05, 0.1) is 22.9 Å². The van der Waals surface area contributed by atoms with E-state index in [4.69, 9.17) is 21.3 Å². The number of aryl methyl sites for hydroxylation is 1. The highest BCUT2D eigenvalue weighted by atomic mass is 35.5. The molecule has 3 aliphatic rings. The van der Waals surface area contributed by atoms with Gasteiger partial charge in [-0.15, -0.1) is 0 Å². The number of carbonyl (C=O) groups is 1. The van der Waals surface area contributed by atoms with Crippen LogP contribution in [0.4, 0.5) is 19.0 Å². The van der Waals surface area contributed by atoms with Gasteiger partial charge >= 0.3 is 12.1 Å². The first kappa shape index (κ1) is 25.3. The zero-order chi connectivity index (χ0) is 26.0. The van der Waals surface area contributed by atoms with Crippen LogP contribution < -0.4 is 15.0 Å². The van der Waals surface area contributed by atoms with E-state index in [-0.39, 0.29) is 11.2 Å². The molecule has 2 saturated heterocycles. The second-order valence-corrected chi connectivity index (χ2v) is 11.2. The highest BCUT2D eigenvalue weighted by molar-refractivity contribution is 6.34. The van der Waals surface area contributed by atoms with Crippen molar-refractivity contribution in [2.75, 3.05) is 31.1 Å². The van der Waals surface area contributed by atoms with Crippen molar-refractivity contribution in [1.29, 1.82) is 0 Å². The molecule has 5 rings (SSSR count). The number of nitrogens with one attached hydrogen (secondary N) is 1. The molecule has 0 saturated carbocycles. The maximum Gasteiger partial charge on any atom is 0.491 e. The van der Waals surface area contributed by atoms with Gasteiger partial charge < -0.3 is 19.7 Å². The largest absolute Gasteiger partial charge is 0.491 e. The van der Waals surface area contributed by atoms with Crippen LogP contribution >= 0.6 is 11.6 Å². The molecular formula is C26H29ClF3N3O3. The number of ether oxygens (including phenoxy) is 2. The summed E-state index contributed by atoms with van der Waals surface area (Å²) in [6, 6.07) is 2.75. The maximum atomic E-state index is 12.9. The smallest absolute Gasteiger partial charge is 0.420 e. The molecule has 1 N–H and O–H groups in total. The molecule has 1 aromatic heterocycles. The number of pyridine rings is 1. The Morgan fingerprint density at radius 3 is 2.58 bits per heavy atom. The summed E-state index contributed by atoms with van der Waals surface area (Å²) in [7, 11) is 0. The molecule has 4 heterocycles. The molecule has 2 aromatic rings. The van der Waals surface area contributed by atoms with Gasteiger partial charge in [0, 0.05) is 49.1 Å². The van der Waals surface area contributed by atoms with E-state index in [0.29, 0.717) is 29.2 Å². The second-order valence-electron chi connectivity index (χ2n) is 10.8. The molecule has 0 radical (unpaired) electrons. The number of hydrogen-bond donors (Lipinski definition) is 1. The molecule has 194 valence electrons. The van der Waals surface area contributed by atoms with Gasteiger partial charge in [-0.3, -0.25) is 0 Å². The second kappa shape index (κ2) is 8.60. The first-order valence-electron chi connectivity index (χ1n) is 12.0. The molecule has 2 fully saturated rings. The van der Waals surface area contributed by atoms with Crippen LogP contribution in [0.1, 0.15) is 42.7 Å². The fourth-order valence-corrected chi connectivity index (χ4v) is 5.69. The van der Waals surface area contributed by atoms with E-state index in [1.165, 1.54) is 12.1 Å². The molecular weight excluding hydrogens is 495 g/mol. The molecule has 0 bridgehead atoms. The molecule has 6 nitrogen and oxygen atoms in total. The SMILES string of the molecule is Cc1cc(OC(=O)C(F)(F)F)cc(-c2c(C)c(N3CCC4(CNC4)C3)nc3c2COC(C)(C)C3)c1Cl. The van der Waals surface area contributed by atoms with E-state index in [9.17, 15) is 18.0 Å². The first-order chi connectivity index (χ1) is 16.8. The van der Waals surface area contributed by atoms with Gasteiger partial charge in [0.1, 0.15) is 11.6 Å². The van der Waals surface area contributed by atoms with E-state index >= 15 is 0 Å². The summed E-state index contributed by atoms with van der Waals surface area (Å²) in [6.45, 7) is 11.7. The number of aromatic nitrogens is 1. The van der Waals surface area contributed by atoms with Crippen molar-refractivity contribution in [3.63, 3.8) is 0 Å². The van der Waals surface area contributed by atoms with Crippen LogP contribution in [0.2, 0.25) is 5.02 Å². The summed E-state index contributed by atoms with van der Waals surface area (Å²) in [5.41, 5.74) is 4.25. The van der Waals surface area contributed by atoms with Crippen LogP contribution in [0.3, 0.4) is 0 Å². The molecule has 36 heavy (non-hydrogen) atoms. The Morgan fingerprint density at radius 2 is 1.97 bits per heavy atom. The highest BCUT2D eigenvalue weighted by Crippen LogP contribution is 2.45. The molecule has 0 aliphatic carbocycles. The third kappa shape index (κ3) is 4.46. The van der Waals surface area contributed by atoms with E-state index in [1.807, 2.05) is 20.8 Å². The van der Waals surface area contributed by atoms with Crippen LogP contribution in [-0.2, 0) is 22.6 Å². The standard InChI is InChI=1S/C26H29ClF3N3O3/c1-14-7-16(36-23(34)26(28,29)30)8-17(21(14)27)20-15(2)22(33-6-5-25(13-33)11-31-12-25)32-19-9-24(3,4)35-10-18(19)20/h7-8,31H,5-6,9-13H2,1-4H3. The summed E-state index contributed by atoms with van der Waals surface area (Å²) in [6.07, 6.45) is -3.44. The lowest BCUT2D eigenvalue weighted by Crippen LogP contribution is -2.54. The summed E-state index contributed by atoms with van der Waals surface area (Å²) in [4.78, 5) is 19.0. The molecule has 1 aromatic carbocycles. The van der Waals surface area contributed by atoms with E-state index in [1.54, 1.807) is 6.92 Å². The van der Waals surface area contributed by atoms with Crippen molar-refractivity contribution in [3.8, 4) is 16.9 Å². The van der Waals surface area contributed by atoms with Crippen LogP contribution in [0.5, 0.6) is 5.75 Å². The van der Waals surface area contributed by atoms with Crippen LogP contribution in [0.25, 0.3) is 11.1 Å². The average Bonchev–Trinajstić information content (AvgIpc) is 3.21. The summed E-state index contributed by atoms with van der Waals surface area (Å²) >= 11 is 6.74. The van der Waals surface area contributed by atoms with E-state index in [0.717, 1.165) is 60.8 Å². The Labute approximate surface area is 213 Å². The number of fused-ring (bicyclic) bond motifs is 1. The Hall–Kier alpha value is -2.36. The van der Waals surface area contributed by atoms with Gasteiger partial charge in [0.15, 0.2) is 0 Å². The van der Waals surface area contributed by atoms with Gasteiger partial charge in [-0.25, -0.2) is 9.78 Å². The third-order valence-corrected chi connectivity index (χ3v) is 7.98. The minimum atomic E-state index is -5.10. The summed E-state index contributed by atoms with van der Waals surface area (Å²) in [5, 5.41) is 3.76. The maximum absolute atomic E-state index is 12.9. The van der Waals surface area contributed by atoms with Crippen LogP contribution in [-0.4, -0.2) is 48.9 Å². The van der Waals surface area contributed by atoms with Crippen molar-refractivity contribution < 1.29 is 27.4 Å². The number of alkyl halides is 3. The van der Waals surface area contributed by atoms with Gasteiger partial charge in [-0.1, -0.05) is 11.6 Å².